The molecule has 0 amide bonds. The van der Waals surface area contributed by atoms with Crippen LogP contribution in [-0.2, 0) is 25.7 Å². The summed E-state index contributed by atoms with van der Waals surface area (Å²) in [6.07, 6.45) is 4.08. The molecule has 4 heterocycles. The van der Waals surface area contributed by atoms with Gasteiger partial charge in [0.05, 0.1) is 0 Å². The van der Waals surface area contributed by atoms with Crippen molar-refractivity contribution in [3.8, 4) is 22.3 Å². The molecule has 6 heteroatoms. The van der Waals surface area contributed by atoms with Gasteiger partial charge < -0.3 is 0 Å². The van der Waals surface area contributed by atoms with Crippen molar-refractivity contribution in [2.45, 2.75) is 226 Å². The Morgan fingerprint density at radius 1 is 0.156 bits per heavy atom. The summed E-state index contributed by atoms with van der Waals surface area (Å²) in [7, 11) is 0. The summed E-state index contributed by atoms with van der Waals surface area (Å²) in [5, 5.41) is 0. The first-order valence-electron chi connectivity index (χ1n) is 51.9. The molecule has 0 fully saturated rings. The number of aryl methyl sites for hydroxylation is 29. The highest BCUT2D eigenvalue weighted by Crippen LogP contribution is 2.32. The highest BCUT2D eigenvalue weighted by atomic mass is 14.3. The van der Waals surface area contributed by atoms with Gasteiger partial charge >= 0.3 is 0 Å². The van der Waals surface area contributed by atoms with Crippen LogP contribution in [0.15, 0.2) is 261 Å². The number of hydrogen-bond acceptors (Lipinski definition) is 0. The molecule has 4 aliphatic rings. The summed E-state index contributed by atoms with van der Waals surface area (Å²) in [5.74, 6) is 0. The van der Waals surface area contributed by atoms with Crippen LogP contribution in [0.3, 0.4) is 0 Å². The lowest BCUT2D eigenvalue weighted by Gasteiger charge is -2.32. The Balaban J connectivity index is 0.000000135. The van der Waals surface area contributed by atoms with Gasteiger partial charge in [0.2, 0.25) is 40.3 Å². The average molecular weight is 1830 g/mol. The summed E-state index contributed by atoms with van der Waals surface area (Å²) >= 11 is 0. The van der Waals surface area contributed by atoms with E-state index in [1.807, 2.05) is 0 Å². The zero-order valence-electron chi connectivity index (χ0n) is 89.6. The lowest BCUT2D eigenvalue weighted by molar-refractivity contribution is 1.16. The van der Waals surface area contributed by atoms with Gasteiger partial charge in [-0.1, -0.05) is 509 Å². The molecule has 0 saturated heterocycles. The minimum atomic E-state index is 0.174. The molecule has 0 aromatic heterocycles. The molecule has 21 rings (SSSR count). The molecular weight excluding hydrogens is 1690 g/mol. The first-order valence-corrected chi connectivity index (χ1v) is 51.9. The molecule has 0 aliphatic carbocycles. The first-order chi connectivity index (χ1) is 67.3. The molecule has 696 valence electrons. The molecule has 141 heavy (non-hydrogen) atoms. The smallest absolute Gasteiger partial charge is 0.0687 e. The fourth-order valence-electron chi connectivity index (χ4n) is 27.8. The van der Waals surface area contributed by atoms with Crippen LogP contribution < -0.4 is 98.3 Å². The molecule has 0 unspecified atom stereocenters. The molecule has 17 aromatic carbocycles. The standard InChI is InChI=1S/C49H52B2.C47H48B2.C39H38B2/c1-28-17-34(7)46(35(8)18-28)50(47-36(9)19-29(2)20-37(47)10)42-13-15-44(32(5)25-42)45-16-14-43(26-33(45)6)51-48-38(11)21-30(3)23-40(48)27-41-24-31(4)22-39(12)49(41)51;1-28-19-32(5)44(33(6)20-28)48(45-34(7)21-29(2)22-35(45)8)42-15-11-38(12-16-42)39-13-17-43(18-14-39)49-46-36(9)23-30(3)25-40(46)27-41-26-31(4)24-37(10)47(41)49;1-23-8-13-36-30(17-23)21-31-18-24(2)14-27(5)37(31)40(36)34-9-11-35(12-10-34)41-38-28(6)15-25(3)19-32(38)22-33-20-26(4)16-29(7)39(33)41/h13-26H,27H2,1-12H3;11-26H,27H2,1-10H3;8-20H,21-22H2,1-7H3. The second kappa shape index (κ2) is 38.5. The van der Waals surface area contributed by atoms with Crippen molar-refractivity contribution < 1.29 is 0 Å². The zero-order valence-corrected chi connectivity index (χ0v) is 89.6. The largest absolute Gasteiger partial charge is 0.242 e. The van der Waals surface area contributed by atoms with Gasteiger partial charge in [0, 0.05) is 0 Å². The van der Waals surface area contributed by atoms with Crippen LogP contribution in [0.5, 0.6) is 0 Å². The van der Waals surface area contributed by atoms with Crippen LogP contribution in [0.4, 0.5) is 0 Å². The molecule has 0 N–H and O–H groups in total. The Morgan fingerprint density at radius 3 is 0.667 bits per heavy atom. The maximum absolute atomic E-state index is 2.48. The molecule has 0 spiro atoms. The number of benzene rings is 17. The van der Waals surface area contributed by atoms with Crippen LogP contribution in [-0.4, -0.2) is 40.3 Å². The predicted molar refractivity (Wildman–Crippen MR) is 624 cm³/mol. The van der Waals surface area contributed by atoms with Gasteiger partial charge in [-0.2, -0.15) is 0 Å². The minimum absolute atomic E-state index is 0.174. The van der Waals surface area contributed by atoms with E-state index < -0.39 is 0 Å². The van der Waals surface area contributed by atoms with E-state index >= 15 is 0 Å². The van der Waals surface area contributed by atoms with E-state index in [-0.39, 0.29) is 40.3 Å². The van der Waals surface area contributed by atoms with Crippen LogP contribution in [0, 0.1) is 201 Å². The molecule has 4 aliphatic heterocycles. The van der Waals surface area contributed by atoms with Crippen LogP contribution in [0.25, 0.3) is 22.3 Å². The van der Waals surface area contributed by atoms with Gasteiger partial charge in [-0.25, -0.2) is 0 Å². The van der Waals surface area contributed by atoms with Crippen LogP contribution >= 0.6 is 0 Å². The van der Waals surface area contributed by atoms with Crippen molar-refractivity contribution in [2.24, 2.45) is 0 Å². The molecule has 0 bridgehead atoms. The summed E-state index contributed by atoms with van der Waals surface area (Å²) in [6.45, 7) is 67.1. The third-order valence-corrected chi connectivity index (χ3v) is 32.5. The fourth-order valence-corrected chi connectivity index (χ4v) is 27.8. The topological polar surface area (TPSA) is 0 Å². The maximum atomic E-state index is 2.48. The van der Waals surface area contributed by atoms with Gasteiger partial charge in [0.25, 0.3) is 0 Å². The summed E-state index contributed by atoms with van der Waals surface area (Å²) in [6, 6.07) is 103. The highest BCUT2D eigenvalue weighted by molar-refractivity contribution is 7.00. The van der Waals surface area contributed by atoms with E-state index in [0.29, 0.717) is 0 Å². The molecule has 0 atom stereocenters. The van der Waals surface area contributed by atoms with Crippen molar-refractivity contribution >= 4 is 139 Å². The van der Waals surface area contributed by atoms with Crippen molar-refractivity contribution in [1.82, 2.24) is 0 Å². The van der Waals surface area contributed by atoms with E-state index in [9.17, 15) is 0 Å². The van der Waals surface area contributed by atoms with Crippen LogP contribution in [0.1, 0.15) is 206 Å². The van der Waals surface area contributed by atoms with Crippen molar-refractivity contribution in [1.29, 1.82) is 0 Å². The number of rotatable bonds is 12. The Bertz CT molecular complexity index is 7560. The second-order valence-electron chi connectivity index (χ2n) is 44.4. The van der Waals surface area contributed by atoms with Gasteiger partial charge in [-0.15, -0.1) is 0 Å². The van der Waals surface area contributed by atoms with Gasteiger partial charge in [0.1, 0.15) is 0 Å². The highest BCUT2D eigenvalue weighted by Gasteiger charge is 2.41. The lowest BCUT2D eigenvalue weighted by Crippen LogP contribution is -2.60. The average Bonchev–Trinajstić information content (AvgIpc) is 0.746. The minimum Gasteiger partial charge on any atom is -0.0687 e. The summed E-state index contributed by atoms with van der Waals surface area (Å²) < 4.78 is 0. The van der Waals surface area contributed by atoms with E-state index in [0.717, 1.165) is 25.7 Å². The molecule has 0 saturated carbocycles. The normalized spacial score (nSPS) is 12.5. The van der Waals surface area contributed by atoms with E-state index in [2.05, 4.69) is 462 Å². The second-order valence-corrected chi connectivity index (χ2v) is 44.4. The quantitative estimate of drug-likeness (QED) is 0.107. The maximum Gasteiger partial charge on any atom is 0.242 e. The van der Waals surface area contributed by atoms with Crippen molar-refractivity contribution in [3.05, 3.63) is 467 Å². The van der Waals surface area contributed by atoms with E-state index in [1.54, 1.807) is 0 Å². The Morgan fingerprint density at radius 2 is 0.369 bits per heavy atom. The van der Waals surface area contributed by atoms with Gasteiger partial charge in [-0.05, 0) is 304 Å². The number of fused-ring (bicyclic) bond motifs is 8. The predicted octanol–water partition coefficient (Wildman–Crippen LogP) is 20.1. The number of hydrogen-bond donors (Lipinski definition) is 0. The molecule has 0 nitrogen and oxygen atoms in total. The summed E-state index contributed by atoms with van der Waals surface area (Å²) in [4.78, 5) is 0. The Labute approximate surface area is 847 Å². The van der Waals surface area contributed by atoms with Gasteiger partial charge in [-0.3, -0.25) is 0 Å². The van der Waals surface area contributed by atoms with Crippen molar-refractivity contribution in [3.63, 3.8) is 0 Å². The summed E-state index contributed by atoms with van der Waals surface area (Å²) in [5.41, 5.74) is 82.6. The fraction of sp³-hybridized carbons (Fsp3) is 0.244. The van der Waals surface area contributed by atoms with E-state index in [4.69, 9.17) is 0 Å². The molecule has 17 aromatic rings. The first kappa shape index (κ1) is 97.0. The lowest BCUT2D eigenvalue weighted by atomic mass is 9.31. The Hall–Kier alpha value is -12.9. The van der Waals surface area contributed by atoms with Crippen molar-refractivity contribution in [2.75, 3.05) is 0 Å². The molecular formula is C135H138B6. The SMILES string of the molecule is Cc1cc(C)c(B(c2ccc(-c3ccc(B4c5c(C)cc(C)cc5Cc5cc(C)cc(C)c54)cc3)cc2)c2c(C)cc(C)cc2C)c(C)c1.Cc1cc(C)c(B(c2ccc(-c3ccc(B4c5c(C)cc(C)cc5Cc5cc(C)cc(C)c54)cc3C)c(C)c2)c2c(C)cc(C)cc2C)c(C)c1.Cc1ccc2c(c1)Cc1cc(C)cc(C)c1B2c1ccc(B2c3c(C)cc(C)cc3Cc3cc(C)cc(C)c32)cc1. The Kier molecular flexibility index (Phi) is 26.5. The third kappa shape index (κ3) is 18.5. The third-order valence-electron chi connectivity index (χ3n) is 32.5. The van der Waals surface area contributed by atoms with Gasteiger partial charge in [0.15, 0.2) is 0 Å². The van der Waals surface area contributed by atoms with E-state index in [1.165, 1.54) is 326 Å². The monoisotopic (exact) mass is 1830 g/mol. The zero-order chi connectivity index (χ0) is 99.8. The molecule has 0 radical (unpaired) electrons. The van der Waals surface area contributed by atoms with Crippen LogP contribution in [0.2, 0.25) is 0 Å².